The summed E-state index contributed by atoms with van der Waals surface area (Å²) < 4.78 is 16.9. The summed E-state index contributed by atoms with van der Waals surface area (Å²) in [5, 5.41) is 11.6. The maximum atomic E-state index is 13.5. The smallest absolute Gasteiger partial charge is 0.300 e. The highest BCUT2D eigenvalue weighted by atomic mass is 16.5. The van der Waals surface area contributed by atoms with Gasteiger partial charge in [0, 0.05) is 11.3 Å². The second kappa shape index (κ2) is 12.1. The van der Waals surface area contributed by atoms with Gasteiger partial charge in [-0.1, -0.05) is 26.0 Å². The molecule has 3 aromatic carbocycles. The summed E-state index contributed by atoms with van der Waals surface area (Å²) in [4.78, 5) is 28.4. The molecular weight excluding hydrogens is 494 g/mol. The Bertz CT molecular complexity index is 1360. The van der Waals surface area contributed by atoms with Crippen LogP contribution in [0.2, 0.25) is 0 Å². The van der Waals surface area contributed by atoms with Crippen molar-refractivity contribution < 1.29 is 28.9 Å². The van der Waals surface area contributed by atoms with Crippen molar-refractivity contribution in [1.82, 2.24) is 0 Å². The van der Waals surface area contributed by atoms with E-state index in [1.165, 1.54) is 4.90 Å². The lowest BCUT2D eigenvalue weighted by Gasteiger charge is -2.26. The Morgan fingerprint density at radius 1 is 0.821 bits per heavy atom. The SMILES string of the molecule is CCOc1ccc(C2/C(=C(/O)c3ccc(OCC)c(C(C)C)c3)C(=O)C(=O)N2c2ccc(OCC)cc2)cc1. The Balaban J connectivity index is 1.88. The molecule has 7 nitrogen and oxygen atoms in total. The first kappa shape index (κ1) is 27.8. The van der Waals surface area contributed by atoms with Gasteiger partial charge in [-0.15, -0.1) is 0 Å². The quantitative estimate of drug-likeness (QED) is 0.180. The normalized spacial score (nSPS) is 16.6. The number of anilines is 1. The lowest BCUT2D eigenvalue weighted by atomic mass is 9.93. The molecule has 1 atom stereocenters. The number of Topliss-reactive ketones (excluding diaryl/α,β-unsaturated/α-hetero) is 1. The van der Waals surface area contributed by atoms with Gasteiger partial charge in [-0.3, -0.25) is 14.5 Å². The highest BCUT2D eigenvalue weighted by Crippen LogP contribution is 2.43. The molecule has 1 aliphatic rings. The maximum Gasteiger partial charge on any atom is 0.300 e. The van der Waals surface area contributed by atoms with E-state index in [9.17, 15) is 14.7 Å². The first-order valence-corrected chi connectivity index (χ1v) is 13.3. The Morgan fingerprint density at radius 3 is 1.92 bits per heavy atom. The molecule has 1 amide bonds. The van der Waals surface area contributed by atoms with Crippen molar-refractivity contribution in [3.63, 3.8) is 0 Å². The number of benzene rings is 3. The molecule has 1 unspecified atom stereocenters. The molecule has 0 aliphatic carbocycles. The average molecular weight is 530 g/mol. The third kappa shape index (κ3) is 5.62. The second-order valence-corrected chi connectivity index (χ2v) is 9.44. The molecule has 1 fully saturated rings. The minimum Gasteiger partial charge on any atom is -0.507 e. The zero-order valence-corrected chi connectivity index (χ0v) is 23.1. The number of carbonyl (C=O) groups is 2. The minimum absolute atomic E-state index is 0.0249. The predicted molar refractivity (Wildman–Crippen MR) is 152 cm³/mol. The summed E-state index contributed by atoms with van der Waals surface area (Å²) >= 11 is 0. The first-order chi connectivity index (χ1) is 18.8. The van der Waals surface area contributed by atoms with Crippen molar-refractivity contribution in [1.29, 1.82) is 0 Å². The topological polar surface area (TPSA) is 85.3 Å². The monoisotopic (exact) mass is 529 g/mol. The zero-order chi connectivity index (χ0) is 28.1. The van der Waals surface area contributed by atoms with Gasteiger partial charge < -0.3 is 19.3 Å². The zero-order valence-electron chi connectivity index (χ0n) is 23.1. The lowest BCUT2D eigenvalue weighted by Crippen LogP contribution is -2.29. The van der Waals surface area contributed by atoms with E-state index >= 15 is 0 Å². The van der Waals surface area contributed by atoms with E-state index in [1.807, 2.05) is 52.8 Å². The van der Waals surface area contributed by atoms with Crippen molar-refractivity contribution in [3.05, 3.63) is 89.0 Å². The Kier molecular flexibility index (Phi) is 8.59. The molecule has 1 saturated heterocycles. The average Bonchev–Trinajstić information content (AvgIpc) is 3.20. The van der Waals surface area contributed by atoms with Crippen LogP contribution in [0.15, 0.2) is 72.3 Å². The molecular formula is C32H35NO6. The van der Waals surface area contributed by atoms with Gasteiger partial charge in [-0.25, -0.2) is 0 Å². The van der Waals surface area contributed by atoms with Gasteiger partial charge >= 0.3 is 0 Å². The standard InChI is InChI=1S/C32H35NO6/c1-6-37-24-14-9-21(10-15-24)29-28(30(34)22-11-18-27(39-8-3)26(19-22)20(4)5)31(35)32(36)33(29)23-12-16-25(17-13-23)38-7-2/h9-20,29,34H,6-8H2,1-5H3/b30-28-. The molecule has 0 spiro atoms. The van der Waals surface area contributed by atoms with Crippen LogP contribution in [0, 0.1) is 0 Å². The van der Waals surface area contributed by atoms with E-state index in [0.717, 1.165) is 11.3 Å². The van der Waals surface area contributed by atoms with Gasteiger partial charge in [0.25, 0.3) is 11.7 Å². The predicted octanol–water partition coefficient (Wildman–Crippen LogP) is 6.63. The number of hydrogen-bond acceptors (Lipinski definition) is 6. The van der Waals surface area contributed by atoms with E-state index in [0.29, 0.717) is 48.1 Å². The van der Waals surface area contributed by atoms with Crippen molar-refractivity contribution >= 4 is 23.1 Å². The summed E-state index contributed by atoms with van der Waals surface area (Å²) in [7, 11) is 0. The number of ketones is 1. The van der Waals surface area contributed by atoms with Crippen LogP contribution in [0.3, 0.4) is 0 Å². The van der Waals surface area contributed by atoms with Crippen LogP contribution in [0.5, 0.6) is 17.2 Å². The molecule has 1 aliphatic heterocycles. The number of aliphatic hydroxyl groups excluding tert-OH is 1. The molecule has 0 bridgehead atoms. The fraction of sp³-hybridized carbons (Fsp3) is 0.312. The van der Waals surface area contributed by atoms with Crippen LogP contribution < -0.4 is 19.1 Å². The molecule has 3 aromatic rings. The van der Waals surface area contributed by atoms with Gasteiger partial charge in [0.15, 0.2) is 0 Å². The highest BCUT2D eigenvalue weighted by molar-refractivity contribution is 6.51. The molecule has 4 rings (SSSR count). The van der Waals surface area contributed by atoms with Gasteiger partial charge in [-0.2, -0.15) is 0 Å². The van der Waals surface area contributed by atoms with E-state index < -0.39 is 17.7 Å². The Hall–Kier alpha value is -4.26. The first-order valence-electron chi connectivity index (χ1n) is 13.3. The molecule has 7 heteroatoms. The van der Waals surface area contributed by atoms with E-state index in [-0.39, 0.29) is 17.3 Å². The van der Waals surface area contributed by atoms with Gasteiger partial charge in [0.05, 0.1) is 31.4 Å². The molecule has 0 saturated carbocycles. The van der Waals surface area contributed by atoms with Crippen LogP contribution in [0.25, 0.3) is 5.76 Å². The highest BCUT2D eigenvalue weighted by Gasteiger charge is 2.47. The molecule has 204 valence electrons. The molecule has 39 heavy (non-hydrogen) atoms. The van der Waals surface area contributed by atoms with Crippen LogP contribution >= 0.6 is 0 Å². The summed E-state index contributed by atoms with van der Waals surface area (Å²) in [6, 6.07) is 18.7. The van der Waals surface area contributed by atoms with E-state index in [2.05, 4.69) is 0 Å². The number of rotatable bonds is 10. The fourth-order valence-corrected chi connectivity index (χ4v) is 4.79. The molecule has 1 heterocycles. The summed E-state index contributed by atoms with van der Waals surface area (Å²) in [6.45, 7) is 11.3. The van der Waals surface area contributed by atoms with Gasteiger partial charge in [0.2, 0.25) is 0 Å². The number of amides is 1. The van der Waals surface area contributed by atoms with Crippen molar-refractivity contribution in [3.8, 4) is 17.2 Å². The van der Waals surface area contributed by atoms with E-state index in [1.54, 1.807) is 48.5 Å². The van der Waals surface area contributed by atoms with Crippen molar-refractivity contribution in [2.45, 2.75) is 46.6 Å². The Labute approximate surface area is 229 Å². The minimum atomic E-state index is -0.840. The second-order valence-electron chi connectivity index (χ2n) is 9.44. The largest absolute Gasteiger partial charge is 0.507 e. The third-order valence-corrected chi connectivity index (χ3v) is 6.58. The molecule has 0 radical (unpaired) electrons. The summed E-state index contributed by atoms with van der Waals surface area (Å²) in [6.07, 6.45) is 0. The van der Waals surface area contributed by atoms with Crippen LogP contribution in [0.4, 0.5) is 5.69 Å². The van der Waals surface area contributed by atoms with Gasteiger partial charge in [0.1, 0.15) is 23.0 Å². The maximum absolute atomic E-state index is 13.5. The fourth-order valence-electron chi connectivity index (χ4n) is 4.79. The summed E-state index contributed by atoms with van der Waals surface area (Å²) in [5.41, 5.74) is 2.56. The number of aliphatic hydroxyl groups is 1. The lowest BCUT2D eigenvalue weighted by molar-refractivity contribution is -0.132. The summed E-state index contributed by atoms with van der Waals surface area (Å²) in [5.74, 6) is 0.480. The number of carbonyl (C=O) groups excluding carboxylic acids is 2. The van der Waals surface area contributed by atoms with Crippen LogP contribution in [-0.2, 0) is 9.59 Å². The number of hydrogen-bond donors (Lipinski definition) is 1. The molecule has 1 N–H and O–H groups in total. The number of ether oxygens (including phenoxy) is 3. The third-order valence-electron chi connectivity index (χ3n) is 6.58. The Morgan fingerprint density at radius 2 is 1.38 bits per heavy atom. The van der Waals surface area contributed by atoms with Crippen LogP contribution in [0.1, 0.15) is 63.3 Å². The number of nitrogens with zero attached hydrogens (tertiary/aromatic N) is 1. The van der Waals surface area contributed by atoms with Crippen molar-refractivity contribution in [2.24, 2.45) is 0 Å². The van der Waals surface area contributed by atoms with Gasteiger partial charge in [-0.05, 0) is 92.4 Å². The molecule has 0 aromatic heterocycles. The van der Waals surface area contributed by atoms with E-state index in [4.69, 9.17) is 14.2 Å². The van der Waals surface area contributed by atoms with Crippen LogP contribution in [-0.4, -0.2) is 36.6 Å². The van der Waals surface area contributed by atoms with Crippen molar-refractivity contribution in [2.75, 3.05) is 24.7 Å².